The minimum Gasteiger partial charge on any atom is -0.322 e. The van der Waals surface area contributed by atoms with Gasteiger partial charge in [-0.2, -0.15) is 0 Å². The van der Waals surface area contributed by atoms with Crippen LogP contribution in [-0.2, 0) is 10.0 Å². The van der Waals surface area contributed by atoms with E-state index in [-0.39, 0.29) is 15.5 Å². The maximum Gasteiger partial charge on any atom is 0.263 e. The van der Waals surface area contributed by atoms with Gasteiger partial charge in [-0.1, -0.05) is 39.7 Å². The Kier molecular flexibility index (Phi) is 6.55. The van der Waals surface area contributed by atoms with Gasteiger partial charge in [0.2, 0.25) is 0 Å². The molecule has 156 valence electrons. The fourth-order valence-electron chi connectivity index (χ4n) is 2.82. The van der Waals surface area contributed by atoms with Gasteiger partial charge >= 0.3 is 0 Å². The Morgan fingerprint density at radius 3 is 2.37 bits per heavy atom. The number of hydrogen-bond donors (Lipinski definition) is 2. The molecule has 0 saturated carbocycles. The summed E-state index contributed by atoms with van der Waals surface area (Å²) in [5.74, 6) is -0.434. The summed E-state index contributed by atoms with van der Waals surface area (Å²) in [6.45, 7) is 5.59. The van der Waals surface area contributed by atoms with Gasteiger partial charge in [-0.05, 0) is 79.9 Å². The highest BCUT2D eigenvalue weighted by Crippen LogP contribution is 2.27. The largest absolute Gasteiger partial charge is 0.322 e. The molecule has 3 aromatic carbocycles. The highest BCUT2D eigenvalue weighted by Gasteiger charge is 2.21. The molecule has 0 unspecified atom stereocenters. The molecular formula is C22H20BrClN2O3S. The molecule has 0 saturated heterocycles. The summed E-state index contributed by atoms with van der Waals surface area (Å²) in [6, 6.07) is 15.0. The Labute approximate surface area is 189 Å². The number of anilines is 2. The van der Waals surface area contributed by atoms with E-state index in [4.69, 9.17) is 11.6 Å². The molecule has 1 amide bonds. The molecule has 3 aromatic rings. The van der Waals surface area contributed by atoms with Crippen molar-refractivity contribution in [2.45, 2.75) is 25.7 Å². The maximum absolute atomic E-state index is 13.0. The van der Waals surface area contributed by atoms with Gasteiger partial charge < -0.3 is 5.32 Å². The molecule has 8 heteroatoms. The summed E-state index contributed by atoms with van der Waals surface area (Å²) in [5, 5.41) is 2.80. The Morgan fingerprint density at radius 2 is 1.67 bits per heavy atom. The number of hydrogen-bond acceptors (Lipinski definition) is 3. The van der Waals surface area contributed by atoms with E-state index < -0.39 is 15.9 Å². The van der Waals surface area contributed by atoms with Crippen molar-refractivity contribution in [2.24, 2.45) is 0 Å². The fraction of sp³-hybridized carbons (Fsp3) is 0.136. The molecule has 30 heavy (non-hydrogen) atoms. The third kappa shape index (κ3) is 5.03. The molecule has 0 fully saturated rings. The van der Waals surface area contributed by atoms with Gasteiger partial charge in [-0.3, -0.25) is 9.52 Å². The summed E-state index contributed by atoms with van der Waals surface area (Å²) in [4.78, 5) is 12.5. The zero-order chi connectivity index (χ0) is 22.1. The number of carbonyl (C=O) groups is 1. The quantitative estimate of drug-likeness (QED) is 0.439. The van der Waals surface area contributed by atoms with Crippen molar-refractivity contribution < 1.29 is 13.2 Å². The lowest BCUT2D eigenvalue weighted by Gasteiger charge is -2.13. The zero-order valence-corrected chi connectivity index (χ0v) is 19.7. The Bertz CT molecular complexity index is 1240. The van der Waals surface area contributed by atoms with E-state index in [0.717, 1.165) is 21.2 Å². The van der Waals surface area contributed by atoms with Gasteiger partial charge in [0.25, 0.3) is 15.9 Å². The number of amides is 1. The number of halogens is 2. The van der Waals surface area contributed by atoms with Gasteiger partial charge in [-0.15, -0.1) is 0 Å². The minimum atomic E-state index is -3.99. The summed E-state index contributed by atoms with van der Waals surface area (Å²) < 4.78 is 29.4. The van der Waals surface area contributed by atoms with Crippen molar-refractivity contribution >= 4 is 54.8 Å². The van der Waals surface area contributed by atoms with Crippen molar-refractivity contribution in [1.82, 2.24) is 0 Å². The number of rotatable bonds is 5. The molecule has 0 aliphatic heterocycles. The molecule has 0 bridgehead atoms. The van der Waals surface area contributed by atoms with Crippen LogP contribution in [0.2, 0.25) is 5.02 Å². The molecule has 0 heterocycles. The van der Waals surface area contributed by atoms with Gasteiger partial charge in [0, 0.05) is 15.7 Å². The monoisotopic (exact) mass is 506 g/mol. The van der Waals surface area contributed by atoms with Gasteiger partial charge in [0.15, 0.2) is 0 Å². The molecule has 0 spiro atoms. The standard InChI is InChI=1S/C22H20BrClN2O3S/c1-13-4-5-14(2)20(10-13)26-30(28,29)21-12-16(6-9-19(21)24)22(27)25-17-7-8-18(23)15(3)11-17/h4-12,26H,1-3H3,(H,25,27). The van der Waals surface area contributed by atoms with E-state index in [9.17, 15) is 13.2 Å². The Morgan fingerprint density at radius 1 is 0.933 bits per heavy atom. The lowest BCUT2D eigenvalue weighted by molar-refractivity contribution is 0.102. The van der Waals surface area contributed by atoms with Crippen molar-refractivity contribution in [2.75, 3.05) is 10.0 Å². The van der Waals surface area contributed by atoms with Gasteiger partial charge in [0.05, 0.1) is 10.7 Å². The molecule has 2 N–H and O–H groups in total. The van der Waals surface area contributed by atoms with Crippen LogP contribution in [0.4, 0.5) is 11.4 Å². The van der Waals surface area contributed by atoms with Crippen LogP contribution < -0.4 is 10.0 Å². The smallest absolute Gasteiger partial charge is 0.263 e. The van der Waals surface area contributed by atoms with E-state index in [0.29, 0.717) is 11.4 Å². The number of carbonyl (C=O) groups excluding carboxylic acids is 1. The molecule has 0 atom stereocenters. The lowest BCUT2D eigenvalue weighted by atomic mass is 10.1. The number of aryl methyl sites for hydroxylation is 3. The average Bonchev–Trinajstić information content (AvgIpc) is 2.67. The molecular weight excluding hydrogens is 488 g/mol. The first-order valence-electron chi connectivity index (χ1n) is 9.04. The second-order valence-corrected chi connectivity index (χ2v) is 9.90. The number of benzene rings is 3. The molecule has 0 aliphatic carbocycles. The summed E-state index contributed by atoms with van der Waals surface area (Å²) in [7, 11) is -3.99. The van der Waals surface area contributed by atoms with Crippen LogP contribution in [0.5, 0.6) is 0 Å². The van der Waals surface area contributed by atoms with Crippen molar-refractivity contribution in [3.8, 4) is 0 Å². The van der Waals surface area contributed by atoms with Crippen molar-refractivity contribution in [3.63, 3.8) is 0 Å². The Balaban J connectivity index is 1.91. The molecule has 0 aromatic heterocycles. The average molecular weight is 508 g/mol. The highest BCUT2D eigenvalue weighted by atomic mass is 79.9. The minimum absolute atomic E-state index is 0.0313. The molecule has 3 rings (SSSR count). The number of sulfonamides is 1. The van der Waals surface area contributed by atoms with E-state index in [1.54, 1.807) is 12.1 Å². The van der Waals surface area contributed by atoms with Gasteiger partial charge in [-0.25, -0.2) is 8.42 Å². The summed E-state index contributed by atoms with van der Waals surface area (Å²) in [6.07, 6.45) is 0. The van der Waals surface area contributed by atoms with Crippen LogP contribution >= 0.6 is 27.5 Å². The summed E-state index contributed by atoms with van der Waals surface area (Å²) >= 11 is 9.58. The highest BCUT2D eigenvalue weighted by molar-refractivity contribution is 9.10. The van der Waals surface area contributed by atoms with Crippen LogP contribution in [0.25, 0.3) is 0 Å². The van der Waals surface area contributed by atoms with Gasteiger partial charge in [0.1, 0.15) is 4.90 Å². The maximum atomic E-state index is 13.0. The third-order valence-corrected chi connectivity index (χ3v) is 7.27. The van der Waals surface area contributed by atoms with E-state index in [1.807, 2.05) is 45.0 Å². The van der Waals surface area contributed by atoms with Crippen LogP contribution in [-0.4, -0.2) is 14.3 Å². The van der Waals surface area contributed by atoms with Crippen LogP contribution in [0.3, 0.4) is 0 Å². The van der Waals surface area contributed by atoms with Crippen molar-refractivity contribution in [1.29, 1.82) is 0 Å². The molecule has 5 nitrogen and oxygen atoms in total. The first-order valence-corrected chi connectivity index (χ1v) is 11.7. The van der Waals surface area contributed by atoms with E-state index >= 15 is 0 Å². The zero-order valence-electron chi connectivity index (χ0n) is 16.6. The van der Waals surface area contributed by atoms with Crippen LogP contribution in [0.15, 0.2) is 64.0 Å². The lowest BCUT2D eigenvalue weighted by Crippen LogP contribution is -2.17. The molecule has 0 aliphatic rings. The topological polar surface area (TPSA) is 75.3 Å². The van der Waals surface area contributed by atoms with E-state index in [1.165, 1.54) is 18.2 Å². The fourth-order valence-corrected chi connectivity index (χ4v) is 4.72. The second-order valence-electron chi connectivity index (χ2n) is 6.99. The second kappa shape index (κ2) is 8.79. The number of nitrogens with one attached hydrogen (secondary N) is 2. The predicted molar refractivity (Wildman–Crippen MR) is 125 cm³/mol. The third-order valence-electron chi connectivity index (χ3n) is 4.54. The van der Waals surface area contributed by atoms with Crippen molar-refractivity contribution in [3.05, 3.63) is 86.3 Å². The Hall–Kier alpha value is -2.35. The summed E-state index contributed by atoms with van der Waals surface area (Å²) in [5.41, 5.74) is 3.91. The molecule has 0 radical (unpaired) electrons. The first kappa shape index (κ1) is 22.3. The predicted octanol–water partition coefficient (Wildman–Crippen LogP) is 6.08. The van der Waals surface area contributed by atoms with E-state index in [2.05, 4.69) is 26.0 Å². The van der Waals surface area contributed by atoms with Crippen LogP contribution in [0.1, 0.15) is 27.0 Å². The normalized spacial score (nSPS) is 11.2. The SMILES string of the molecule is Cc1ccc(C)c(NS(=O)(=O)c2cc(C(=O)Nc3ccc(Br)c(C)c3)ccc2Cl)c1. The van der Waals surface area contributed by atoms with Crippen LogP contribution in [0, 0.1) is 20.8 Å². The first-order chi connectivity index (χ1) is 14.1.